The Kier molecular flexibility index (Phi) is 5.06. The standard InChI is InChI=1S/C44H25N3O/c1-5-16-37-33(14-1)43-34-15-4-8-19-40(34)47(44(43)45-37)29-11-9-10-27(24-29)28-20-22-41-35(25-28)36-26-30(21-23-42(36)48-41)46-38-17-6-2-12-31(38)32-13-3-7-18-39(32)46/h1-3,5-14,16-26,43H. The Bertz CT molecular complexity index is 2760. The van der Waals surface area contributed by atoms with Crippen molar-refractivity contribution >= 4 is 66.6 Å². The van der Waals surface area contributed by atoms with Gasteiger partial charge in [-0.3, -0.25) is 4.90 Å². The van der Waals surface area contributed by atoms with E-state index in [0.29, 0.717) is 0 Å². The van der Waals surface area contributed by atoms with Crippen LogP contribution in [0.4, 0.5) is 17.1 Å². The topological polar surface area (TPSA) is 33.7 Å². The van der Waals surface area contributed by atoms with Crippen LogP contribution in [-0.2, 0) is 0 Å². The van der Waals surface area contributed by atoms with Crippen LogP contribution in [0.3, 0.4) is 0 Å². The number of aliphatic imine (C=N–C) groups is 1. The van der Waals surface area contributed by atoms with Crippen LogP contribution in [0.2, 0.25) is 0 Å². The number of fused-ring (bicyclic) bond motifs is 11. The Morgan fingerprint density at radius 1 is 0.583 bits per heavy atom. The molecule has 4 heterocycles. The van der Waals surface area contributed by atoms with Crippen molar-refractivity contribution < 1.29 is 4.42 Å². The van der Waals surface area contributed by atoms with Crippen molar-refractivity contribution in [2.45, 2.75) is 5.92 Å². The molecule has 0 amide bonds. The predicted molar refractivity (Wildman–Crippen MR) is 195 cm³/mol. The number of anilines is 2. The molecular weight excluding hydrogens is 587 g/mol. The summed E-state index contributed by atoms with van der Waals surface area (Å²) in [5.74, 6) is 1.09. The minimum absolute atomic E-state index is 0.0645. The highest BCUT2D eigenvalue weighted by molar-refractivity contribution is 6.18. The molecule has 0 bridgehead atoms. The maximum absolute atomic E-state index is 6.37. The number of aromatic nitrogens is 1. The fraction of sp³-hybridized carbons (Fsp3) is 0.0227. The van der Waals surface area contributed by atoms with Crippen LogP contribution < -0.4 is 4.90 Å². The van der Waals surface area contributed by atoms with Crippen molar-refractivity contribution in [3.8, 4) is 16.8 Å². The summed E-state index contributed by atoms with van der Waals surface area (Å²) in [5.41, 5.74) is 13.1. The molecule has 48 heavy (non-hydrogen) atoms. The lowest BCUT2D eigenvalue weighted by atomic mass is 9.94. The average molecular weight is 612 g/mol. The number of benzene rings is 6. The molecule has 0 fully saturated rings. The van der Waals surface area contributed by atoms with E-state index in [0.717, 1.165) is 67.2 Å². The van der Waals surface area contributed by atoms with Gasteiger partial charge in [0, 0.05) is 38.5 Å². The van der Waals surface area contributed by atoms with Crippen LogP contribution in [0.1, 0.15) is 17.0 Å². The van der Waals surface area contributed by atoms with Gasteiger partial charge in [-0.05, 0) is 89.5 Å². The van der Waals surface area contributed by atoms with Crippen LogP contribution in [0.25, 0.3) is 60.6 Å². The van der Waals surface area contributed by atoms with Gasteiger partial charge in [0.15, 0.2) is 0 Å². The first-order chi connectivity index (χ1) is 23.8. The molecule has 0 N–H and O–H groups in total. The molecule has 2 aromatic heterocycles. The highest BCUT2D eigenvalue weighted by Gasteiger charge is 2.41. The van der Waals surface area contributed by atoms with E-state index in [1.165, 1.54) is 27.4 Å². The number of amidine groups is 1. The van der Waals surface area contributed by atoms with Gasteiger partial charge in [-0.2, -0.15) is 0 Å². The third-order valence-electron chi connectivity index (χ3n) is 10.0. The van der Waals surface area contributed by atoms with Crippen molar-refractivity contribution in [2.75, 3.05) is 4.90 Å². The second-order valence-electron chi connectivity index (χ2n) is 12.6. The van der Waals surface area contributed by atoms with Gasteiger partial charge in [0.2, 0.25) is 0 Å². The second-order valence-corrected chi connectivity index (χ2v) is 12.6. The van der Waals surface area contributed by atoms with Gasteiger partial charge < -0.3 is 8.98 Å². The molecule has 0 radical (unpaired) electrons. The van der Waals surface area contributed by atoms with Gasteiger partial charge in [0.1, 0.15) is 17.0 Å². The zero-order valence-electron chi connectivity index (χ0n) is 25.7. The highest BCUT2D eigenvalue weighted by Crippen LogP contribution is 2.51. The molecule has 4 nitrogen and oxygen atoms in total. The number of furan rings is 1. The van der Waals surface area contributed by atoms with Gasteiger partial charge in [0.05, 0.1) is 28.3 Å². The summed E-state index contributed by atoms with van der Waals surface area (Å²) in [7, 11) is 0. The van der Waals surface area contributed by atoms with Crippen LogP contribution >= 0.6 is 0 Å². The highest BCUT2D eigenvalue weighted by atomic mass is 16.3. The summed E-state index contributed by atoms with van der Waals surface area (Å²) >= 11 is 0. The van der Waals surface area contributed by atoms with E-state index in [1.54, 1.807) is 0 Å². The SMILES string of the molecule is c1ccc2c(c#1)C1C(=Nc3ccccc31)N2c1cccc(-c2ccc3oc4ccc(-n5c6ccccc6c6ccccc65)cc4c3c2)c1. The van der Waals surface area contributed by atoms with E-state index in [9.17, 15) is 0 Å². The Hall–Kier alpha value is -6.57. The van der Waals surface area contributed by atoms with Crippen LogP contribution in [-0.4, -0.2) is 10.4 Å². The predicted octanol–water partition coefficient (Wildman–Crippen LogP) is 11.3. The number of para-hydroxylation sites is 3. The first-order valence-electron chi connectivity index (χ1n) is 16.3. The van der Waals surface area contributed by atoms with Gasteiger partial charge in [-0.25, -0.2) is 4.99 Å². The third kappa shape index (κ3) is 3.48. The normalized spacial score (nSPS) is 14.8. The fourth-order valence-corrected chi connectivity index (χ4v) is 7.94. The molecule has 2 aliphatic rings. The average Bonchev–Trinajstić information content (AvgIpc) is 3.88. The van der Waals surface area contributed by atoms with Crippen molar-refractivity contribution in [2.24, 2.45) is 4.99 Å². The molecule has 4 heteroatoms. The molecule has 1 unspecified atom stereocenters. The Morgan fingerprint density at radius 2 is 1.31 bits per heavy atom. The van der Waals surface area contributed by atoms with Gasteiger partial charge >= 0.3 is 0 Å². The number of hydrogen-bond donors (Lipinski definition) is 0. The molecule has 7 aromatic carbocycles. The molecule has 0 spiro atoms. The summed E-state index contributed by atoms with van der Waals surface area (Å²) in [6, 6.07) is 58.1. The van der Waals surface area contributed by atoms with Crippen LogP contribution in [0.5, 0.6) is 0 Å². The zero-order valence-corrected chi connectivity index (χ0v) is 25.7. The van der Waals surface area contributed by atoms with Gasteiger partial charge in [-0.15, -0.1) is 0 Å². The van der Waals surface area contributed by atoms with Gasteiger partial charge in [-0.1, -0.05) is 84.9 Å². The molecule has 0 saturated carbocycles. The molecule has 0 aliphatic carbocycles. The number of rotatable bonds is 3. The summed E-state index contributed by atoms with van der Waals surface area (Å²) in [4.78, 5) is 7.41. The van der Waals surface area contributed by atoms with Crippen molar-refractivity contribution in [1.29, 1.82) is 0 Å². The first kappa shape index (κ1) is 25.6. The molecule has 0 saturated heterocycles. The molecule has 222 valence electrons. The molecule has 11 rings (SSSR count). The van der Waals surface area contributed by atoms with E-state index in [-0.39, 0.29) is 5.92 Å². The monoisotopic (exact) mass is 611 g/mol. The summed E-state index contributed by atoms with van der Waals surface area (Å²) in [5, 5.41) is 4.71. The maximum atomic E-state index is 6.37. The third-order valence-corrected chi connectivity index (χ3v) is 10.0. The molecule has 1 atom stereocenters. The zero-order chi connectivity index (χ0) is 31.3. The largest absolute Gasteiger partial charge is 0.456 e. The van der Waals surface area contributed by atoms with Crippen LogP contribution in [0.15, 0.2) is 155 Å². The van der Waals surface area contributed by atoms with E-state index in [1.807, 2.05) is 6.07 Å². The maximum Gasteiger partial charge on any atom is 0.135 e. The Morgan fingerprint density at radius 3 is 2.17 bits per heavy atom. The first-order valence-corrected chi connectivity index (χ1v) is 16.3. The lowest BCUT2D eigenvalue weighted by molar-refractivity contribution is 0.669. The smallest absolute Gasteiger partial charge is 0.135 e. The Labute approximate surface area is 276 Å². The summed E-state index contributed by atoms with van der Waals surface area (Å²) in [6.07, 6.45) is 0. The molecular formula is C44H25N3O. The van der Waals surface area contributed by atoms with E-state index < -0.39 is 0 Å². The second kappa shape index (κ2) is 9.48. The van der Waals surface area contributed by atoms with Crippen molar-refractivity contribution in [1.82, 2.24) is 4.57 Å². The Balaban J connectivity index is 1.04. The number of nitrogens with zero attached hydrogens (tertiary/aromatic N) is 3. The lowest BCUT2D eigenvalue weighted by Crippen LogP contribution is -2.22. The fourth-order valence-electron chi connectivity index (χ4n) is 7.94. The quantitative estimate of drug-likeness (QED) is 0.199. The van der Waals surface area contributed by atoms with Crippen molar-refractivity contribution in [3.05, 3.63) is 169 Å². The minimum Gasteiger partial charge on any atom is -0.456 e. The summed E-state index contributed by atoms with van der Waals surface area (Å²) in [6.45, 7) is 0. The van der Waals surface area contributed by atoms with E-state index in [4.69, 9.17) is 9.41 Å². The lowest BCUT2D eigenvalue weighted by Gasteiger charge is -2.21. The van der Waals surface area contributed by atoms with Crippen LogP contribution in [0, 0.1) is 12.1 Å². The van der Waals surface area contributed by atoms with Crippen molar-refractivity contribution in [3.63, 3.8) is 0 Å². The van der Waals surface area contributed by atoms with Gasteiger partial charge in [0.25, 0.3) is 0 Å². The summed E-state index contributed by atoms with van der Waals surface area (Å²) < 4.78 is 8.73. The van der Waals surface area contributed by atoms with E-state index >= 15 is 0 Å². The number of hydrogen-bond acceptors (Lipinski definition) is 3. The van der Waals surface area contributed by atoms with E-state index in [2.05, 4.69) is 161 Å². The molecule has 2 aliphatic heterocycles. The molecule has 9 aromatic rings. The minimum atomic E-state index is 0.0645.